The van der Waals surface area contributed by atoms with E-state index in [0.717, 1.165) is 12.1 Å². The van der Waals surface area contributed by atoms with E-state index in [0.29, 0.717) is 11.3 Å². The zero-order valence-electron chi connectivity index (χ0n) is 14.0. The number of non-ortho nitro benzene ring substituents is 1. The molecule has 0 radical (unpaired) electrons. The number of hydrogen-bond acceptors (Lipinski definition) is 4. The molecule has 2 rings (SSSR count). The molecule has 0 atom stereocenters. The second-order valence-electron chi connectivity index (χ2n) is 5.64. The highest BCUT2D eigenvalue weighted by Crippen LogP contribution is 2.23. The smallest absolute Gasteiger partial charge is 0.347 e. The lowest BCUT2D eigenvalue weighted by atomic mass is 10.1. The lowest BCUT2D eigenvalue weighted by Gasteiger charge is -2.09. The molecule has 11 heteroatoms. The first-order valence-corrected chi connectivity index (χ1v) is 8.10. The third kappa shape index (κ3) is 6.23. The van der Waals surface area contributed by atoms with Gasteiger partial charge in [0.15, 0.2) is 0 Å². The van der Waals surface area contributed by atoms with Gasteiger partial charge in [0.05, 0.1) is 21.9 Å². The van der Waals surface area contributed by atoms with E-state index >= 15 is 0 Å². The summed E-state index contributed by atoms with van der Waals surface area (Å²) < 4.78 is 36.2. The van der Waals surface area contributed by atoms with Crippen molar-refractivity contribution in [1.82, 2.24) is 5.32 Å². The molecule has 0 aliphatic carbocycles. The largest absolute Gasteiger partial charge is 0.405 e. The Morgan fingerprint density at radius 1 is 1.11 bits per heavy atom. The average Bonchev–Trinajstić information content (AvgIpc) is 2.60. The zero-order chi connectivity index (χ0) is 20.9. The maximum absolute atomic E-state index is 12.2. The van der Waals surface area contributed by atoms with Gasteiger partial charge in [0.1, 0.15) is 6.54 Å². The molecule has 0 unspecified atom stereocenters. The Morgan fingerprint density at radius 2 is 1.75 bits per heavy atom. The van der Waals surface area contributed by atoms with Gasteiger partial charge >= 0.3 is 6.18 Å². The van der Waals surface area contributed by atoms with Crippen LogP contribution < -0.4 is 10.6 Å². The summed E-state index contributed by atoms with van der Waals surface area (Å²) in [7, 11) is 0. The summed E-state index contributed by atoms with van der Waals surface area (Å²) in [4.78, 5) is 33.7. The number of anilines is 1. The summed E-state index contributed by atoms with van der Waals surface area (Å²) >= 11 is 5.89. The van der Waals surface area contributed by atoms with Gasteiger partial charge in [-0.15, -0.1) is 0 Å². The van der Waals surface area contributed by atoms with Gasteiger partial charge in [-0.2, -0.15) is 13.2 Å². The monoisotopic (exact) mass is 415 g/mol. The van der Waals surface area contributed by atoms with Crippen molar-refractivity contribution < 1.29 is 27.7 Å². The maximum Gasteiger partial charge on any atom is 0.405 e. The fraction of sp³-hybridized carbons (Fsp3) is 0.176. The van der Waals surface area contributed by atoms with E-state index < -0.39 is 29.5 Å². The first kappa shape index (κ1) is 21.2. The first-order chi connectivity index (χ1) is 13.0. The lowest BCUT2D eigenvalue weighted by Crippen LogP contribution is -2.34. The Hall–Kier alpha value is -3.14. The van der Waals surface area contributed by atoms with Gasteiger partial charge < -0.3 is 10.6 Å². The van der Waals surface area contributed by atoms with E-state index in [1.807, 2.05) is 0 Å². The summed E-state index contributed by atoms with van der Waals surface area (Å²) in [5, 5.41) is 14.9. The Balaban J connectivity index is 1.97. The maximum atomic E-state index is 12.2. The van der Waals surface area contributed by atoms with Crippen LogP contribution in [0.1, 0.15) is 15.9 Å². The van der Waals surface area contributed by atoms with Crippen LogP contribution in [0.3, 0.4) is 0 Å². The van der Waals surface area contributed by atoms with Crippen LogP contribution in [-0.4, -0.2) is 29.5 Å². The predicted molar refractivity (Wildman–Crippen MR) is 95.3 cm³/mol. The van der Waals surface area contributed by atoms with Gasteiger partial charge in [-0.1, -0.05) is 23.7 Å². The number of benzene rings is 2. The highest BCUT2D eigenvalue weighted by Gasteiger charge is 2.27. The van der Waals surface area contributed by atoms with Gasteiger partial charge in [-0.05, 0) is 23.8 Å². The van der Waals surface area contributed by atoms with Crippen molar-refractivity contribution in [1.29, 1.82) is 0 Å². The van der Waals surface area contributed by atoms with E-state index in [1.54, 1.807) is 5.32 Å². The van der Waals surface area contributed by atoms with Crippen LogP contribution in [0.4, 0.5) is 24.5 Å². The zero-order valence-corrected chi connectivity index (χ0v) is 14.8. The van der Waals surface area contributed by atoms with E-state index in [9.17, 15) is 32.9 Å². The second kappa shape index (κ2) is 8.70. The highest BCUT2D eigenvalue weighted by atomic mass is 35.5. The number of hydrogen-bond donors (Lipinski definition) is 2. The van der Waals surface area contributed by atoms with Crippen molar-refractivity contribution in [3.8, 4) is 0 Å². The van der Waals surface area contributed by atoms with Crippen molar-refractivity contribution >= 4 is 34.8 Å². The van der Waals surface area contributed by atoms with Gasteiger partial charge in [0, 0.05) is 17.8 Å². The Morgan fingerprint density at radius 3 is 2.29 bits per heavy atom. The van der Waals surface area contributed by atoms with E-state index in [2.05, 4.69) is 5.32 Å². The van der Waals surface area contributed by atoms with Crippen LogP contribution in [0.15, 0.2) is 42.5 Å². The number of nitro groups is 1. The minimum Gasteiger partial charge on any atom is -0.347 e. The van der Waals surface area contributed by atoms with Gasteiger partial charge in [0.2, 0.25) is 5.91 Å². The van der Waals surface area contributed by atoms with E-state index in [1.165, 1.54) is 30.3 Å². The molecular formula is C17H13ClF3N3O4. The Labute approximate surface area is 161 Å². The molecule has 0 aliphatic heterocycles. The summed E-state index contributed by atoms with van der Waals surface area (Å²) in [6, 6.07) is 9.28. The van der Waals surface area contributed by atoms with Crippen molar-refractivity contribution in [3.63, 3.8) is 0 Å². The van der Waals surface area contributed by atoms with Gasteiger partial charge in [0.25, 0.3) is 11.6 Å². The quantitative estimate of drug-likeness (QED) is 0.554. The van der Waals surface area contributed by atoms with Crippen LogP contribution >= 0.6 is 11.6 Å². The molecule has 0 saturated heterocycles. The third-order valence-electron chi connectivity index (χ3n) is 3.47. The molecule has 0 saturated carbocycles. The summed E-state index contributed by atoms with van der Waals surface area (Å²) in [6.07, 6.45) is -4.73. The topological polar surface area (TPSA) is 101 Å². The molecule has 148 valence electrons. The molecular weight excluding hydrogens is 403 g/mol. The Bertz CT molecular complexity index is 902. The van der Waals surface area contributed by atoms with Crippen molar-refractivity contribution in [2.75, 3.05) is 11.9 Å². The molecule has 0 aliphatic rings. The summed E-state index contributed by atoms with van der Waals surface area (Å²) in [6.45, 7) is -1.41. The van der Waals surface area contributed by atoms with Crippen molar-refractivity contribution in [2.45, 2.75) is 12.6 Å². The molecule has 0 bridgehead atoms. The lowest BCUT2D eigenvalue weighted by molar-refractivity contribution is -0.384. The van der Waals surface area contributed by atoms with Crippen molar-refractivity contribution in [3.05, 3.63) is 68.7 Å². The predicted octanol–water partition coefficient (Wildman–Crippen LogP) is 3.72. The van der Waals surface area contributed by atoms with Crippen LogP contribution in [-0.2, 0) is 11.2 Å². The van der Waals surface area contributed by atoms with Crippen molar-refractivity contribution in [2.24, 2.45) is 0 Å². The number of alkyl halides is 3. The van der Waals surface area contributed by atoms with E-state index in [-0.39, 0.29) is 22.7 Å². The summed E-state index contributed by atoms with van der Waals surface area (Å²) in [5.41, 5.74) is 0.572. The average molecular weight is 416 g/mol. The molecule has 0 aromatic heterocycles. The van der Waals surface area contributed by atoms with Crippen LogP contribution in [0.2, 0.25) is 5.02 Å². The second-order valence-corrected chi connectivity index (χ2v) is 6.05. The van der Waals surface area contributed by atoms with Gasteiger partial charge in [-0.3, -0.25) is 19.7 Å². The molecule has 2 amide bonds. The van der Waals surface area contributed by atoms with E-state index in [4.69, 9.17) is 11.6 Å². The Kier molecular flexibility index (Phi) is 6.57. The SMILES string of the molecule is O=C(Cc1ccc(NC(=O)c2ccc([N+](=O)[O-])cc2Cl)cc1)NCC(F)(F)F. The number of nitrogens with zero attached hydrogens (tertiary/aromatic N) is 1. The number of nitrogens with one attached hydrogen (secondary N) is 2. The highest BCUT2D eigenvalue weighted by molar-refractivity contribution is 6.34. The number of carbonyl (C=O) groups excluding carboxylic acids is 2. The van der Waals surface area contributed by atoms with Crippen LogP contribution in [0.5, 0.6) is 0 Å². The fourth-order valence-corrected chi connectivity index (χ4v) is 2.41. The van der Waals surface area contributed by atoms with Gasteiger partial charge in [-0.25, -0.2) is 0 Å². The molecule has 0 fully saturated rings. The number of rotatable bonds is 6. The number of nitro benzene ring substituents is 1. The molecule has 2 aromatic carbocycles. The molecule has 7 nitrogen and oxygen atoms in total. The molecule has 0 spiro atoms. The number of carbonyl (C=O) groups is 2. The van der Waals surface area contributed by atoms with Crippen LogP contribution in [0.25, 0.3) is 0 Å². The minimum absolute atomic E-state index is 0.0304. The molecule has 2 N–H and O–H groups in total. The molecule has 0 heterocycles. The normalized spacial score (nSPS) is 11.0. The number of amides is 2. The number of halogens is 4. The fourth-order valence-electron chi connectivity index (χ4n) is 2.15. The third-order valence-corrected chi connectivity index (χ3v) is 3.78. The standard InChI is InChI=1S/C17H13ClF3N3O4/c18-14-8-12(24(27)28)5-6-13(14)16(26)23-11-3-1-10(2-4-11)7-15(25)22-9-17(19,20)21/h1-6,8H,7,9H2,(H,22,25)(H,23,26). The minimum atomic E-state index is -4.48. The van der Waals surface area contributed by atoms with Crippen LogP contribution in [0, 0.1) is 10.1 Å². The first-order valence-electron chi connectivity index (χ1n) is 7.73. The summed E-state index contributed by atoms with van der Waals surface area (Å²) in [5.74, 6) is -1.39. The molecule has 28 heavy (non-hydrogen) atoms. The molecule has 2 aromatic rings.